The lowest BCUT2D eigenvalue weighted by molar-refractivity contribution is 0.450. The van der Waals surface area contributed by atoms with Crippen molar-refractivity contribution in [2.24, 2.45) is 5.92 Å². The van der Waals surface area contributed by atoms with Crippen molar-refractivity contribution in [2.45, 2.75) is 33.1 Å². The number of aromatic nitrogens is 1. The molecule has 1 atom stereocenters. The molecule has 2 aromatic rings. The van der Waals surface area contributed by atoms with Crippen LogP contribution in [-0.2, 0) is 12.8 Å². The fourth-order valence-electron chi connectivity index (χ4n) is 2.48. The monoisotopic (exact) mass is 306 g/mol. The van der Waals surface area contributed by atoms with Crippen molar-refractivity contribution in [3.05, 3.63) is 51.7 Å². The van der Waals surface area contributed by atoms with Crippen LogP contribution in [0.1, 0.15) is 29.5 Å². The van der Waals surface area contributed by atoms with Crippen LogP contribution in [0, 0.1) is 18.7 Å². The standard InChI is InChI=1S/C17H23FN2S/c1-3-19-11-15(6-9-17-13(2)20-12-21-17)10-14-4-7-16(18)8-5-14/h4-5,7-8,12,15,19H,3,6,9-11H2,1-2H3. The van der Waals surface area contributed by atoms with E-state index in [1.165, 1.54) is 10.4 Å². The summed E-state index contributed by atoms with van der Waals surface area (Å²) in [5.41, 5.74) is 4.29. The molecule has 0 saturated carbocycles. The molecule has 1 aromatic heterocycles. The minimum Gasteiger partial charge on any atom is -0.317 e. The average Bonchev–Trinajstić information content (AvgIpc) is 2.89. The van der Waals surface area contributed by atoms with E-state index in [-0.39, 0.29) is 5.82 Å². The van der Waals surface area contributed by atoms with Crippen molar-refractivity contribution in [3.63, 3.8) is 0 Å². The highest BCUT2D eigenvalue weighted by Crippen LogP contribution is 2.19. The molecular formula is C17H23FN2S. The van der Waals surface area contributed by atoms with Crippen molar-refractivity contribution in [3.8, 4) is 0 Å². The van der Waals surface area contributed by atoms with Crippen molar-refractivity contribution >= 4 is 11.3 Å². The quantitative estimate of drug-likeness (QED) is 0.797. The third-order valence-corrected chi connectivity index (χ3v) is 4.74. The number of hydrogen-bond donors (Lipinski definition) is 1. The van der Waals surface area contributed by atoms with Crippen LogP contribution in [0.4, 0.5) is 4.39 Å². The fraction of sp³-hybridized carbons (Fsp3) is 0.471. The summed E-state index contributed by atoms with van der Waals surface area (Å²) in [6.45, 7) is 6.19. The molecule has 0 aliphatic rings. The van der Waals surface area contributed by atoms with E-state index in [0.29, 0.717) is 5.92 Å². The van der Waals surface area contributed by atoms with Gasteiger partial charge >= 0.3 is 0 Å². The minimum absolute atomic E-state index is 0.165. The first-order valence-corrected chi connectivity index (χ1v) is 8.41. The Balaban J connectivity index is 1.93. The zero-order chi connectivity index (χ0) is 15.1. The molecule has 114 valence electrons. The Morgan fingerprint density at radius 2 is 2.05 bits per heavy atom. The normalized spacial score (nSPS) is 12.5. The Morgan fingerprint density at radius 1 is 1.29 bits per heavy atom. The van der Waals surface area contributed by atoms with Gasteiger partial charge in [-0.25, -0.2) is 9.37 Å². The number of hydrogen-bond acceptors (Lipinski definition) is 3. The Morgan fingerprint density at radius 3 is 2.67 bits per heavy atom. The molecule has 1 aromatic carbocycles. The first-order chi connectivity index (χ1) is 10.2. The minimum atomic E-state index is -0.165. The van der Waals surface area contributed by atoms with E-state index in [1.54, 1.807) is 23.5 Å². The Bertz CT molecular complexity index is 536. The summed E-state index contributed by atoms with van der Waals surface area (Å²) in [7, 11) is 0. The van der Waals surface area contributed by atoms with Gasteiger partial charge in [0.05, 0.1) is 11.2 Å². The Labute approximate surface area is 130 Å². The molecule has 0 amide bonds. The number of nitrogens with zero attached hydrogens (tertiary/aromatic N) is 1. The number of nitrogens with one attached hydrogen (secondary N) is 1. The second-order valence-corrected chi connectivity index (χ2v) is 6.34. The summed E-state index contributed by atoms with van der Waals surface area (Å²) in [5, 5.41) is 3.44. The molecular weight excluding hydrogens is 283 g/mol. The smallest absolute Gasteiger partial charge is 0.123 e. The van der Waals surface area contributed by atoms with Gasteiger partial charge in [-0.1, -0.05) is 19.1 Å². The van der Waals surface area contributed by atoms with Crippen LogP contribution in [0.2, 0.25) is 0 Å². The second kappa shape index (κ2) is 8.25. The van der Waals surface area contributed by atoms with Gasteiger partial charge in [0.15, 0.2) is 0 Å². The maximum Gasteiger partial charge on any atom is 0.123 e. The maximum atomic E-state index is 13.0. The molecule has 1 heterocycles. The van der Waals surface area contributed by atoms with Crippen LogP contribution < -0.4 is 5.32 Å². The Kier molecular flexibility index (Phi) is 6.33. The highest BCUT2D eigenvalue weighted by molar-refractivity contribution is 7.09. The molecule has 0 radical (unpaired) electrons. The summed E-state index contributed by atoms with van der Waals surface area (Å²) >= 11 is 1.74. The molecule has 0 spiro atoms. The summed E-state index contributed by atoms with van der Waals surface area (Å²) in [5.74, 6) is 0.402. The molecule has 0 fully saturated rings. The number of rotatable bonds is 8. The third kappa shape index (κ3) is 5.21. The maximum absolute atomic E-state index is 13.0. The lowest BCUT2D eigenvalue weighted by Crippen LogP contribution is -2.24. The molecule has 0 aliphatic heterocycles. The Hall–Kier alpha value is -1.26. The molecule has 0 saturated heterocycles. The van der Waals surface area contributed by atoms with Crippen molar-refractivity contribution < 1.29 is 4.39 Å². The lowest BCUT2D eigenvalue weighted by Gasteiger charge is -2.17. The molecule has 0 aliphatic carbocycles. The number of halogens is 1. The number of thiazole rings is 1. The molecule has 4 heteroatoms. The zero-order valence-corrected chi connectivity index (χ0v) is 13.5. The largest absolute Gasteiger partial charge is 0.317 e. The third-order valence-electron chi connectivity index (χ3n) is 3.75. The van der Waals surface area contributed by atoms with Gasteiger partial charge in [0.2, 0.25) is 0 Å². The van der Waals surface area contributed by atoms with E-state index < -0.39 is 0 Å². The predicted molar refractivity (Wildman–Crippen MR) is 87.3 cm³/mol. The topological polar surface area (TPSA) is 24.9 Å². The number of aryl methyl sites for hydroxylation is 2. The van der Waals surface area contributed by atoms with Crippen molar-refractivity contribution in [1.82, 2.24) is 10.3 Å². The lowest BCUT2D eigenvalue weighted by atomic mass is 9.94. The van der Waals surface area contributed by atoms with E-state index in [2.05, 4.69) is 24.1 Å². The fourth-order valence-corrected chi connectivity index (χ4v) is 3.28. The highest BCUT2D eigenvalue weighted by atomic mass is 32.1. The SMILES string of the molecule is CCNCC(CCc1scnc1C)Cc1ccc(F)cc1. The highest BCUT2D eigenvalue weighted by Gasteiger charge is 2.11. The summed E-state index contributed by atoms with van der Waals surface area (Å²) < 4.78 is 13.0. The van der Waals surface area contributed by atoms with Crippen LogP contribution >= 0.6 is 11.3 Å². The van der Waals surface area contributed by atoms with Gasteiger partial charge in [-0.3, -0.25) is 0 Å². The van der Waals surface area contributed by atoms with Gasteiger partial charge < -0.3 is 5.32 Å². The van der Waals surface area contributed by atoms with Crippen LogP contribution in [0.5, 0.6) is 0 Å². The van der Waals surface area contributed by atoms with Gasteiger partial charge in [-0.05, 0) is 62.9 Å². The predicted octanol–water partition coefficient (Wildman–Crippen LogP) is 3.99. The van der Waals surface area contributed by atoms with Gasteiger partial charge in [-0.2, -0.15) is 0 Å². The van der Waals surface area contributed by atoms with E-state index in [0.717, 1.165) is 38.0 Å². The summed E-state index contributed by atoms with van der Waals surface area (Å²) in [6, 6.07) is 6.89. The van der Waals surface area contributed by atoms with Crippen LogP contribution in [0.15, 0.2) is 29.8 Å². The molecule has 1 unspecified atom stereocenters. The van der Waals surface area contributed by atoms with Gasteiger partial charge in [0.1, 0.15) is 5.82 Å². The van der Waals surface area contributed by atoms with Gasteiger partial charge in [-0.15, -0.1) is 11.3 Å². The van der Waals surface area contributed by atoms with Gasteiger partial charge in [0.25, 0.3) is 0 Å². The molecule has 1 N–H and O–H groups in total. The molecule has 2 rings (SSSR count). The van der Waals surface area contributed by atoms with Gasteiger partial charge in [0, 0.05) is 4.88 Å². The summed E-state index contributed by atoms with van der Waals surface area (Å²) in [6.07, 6.45) is 3.20. The van der Waals surface area contributed by atoms with E-state index in [9.17, 15) is 4.39 Å². The molecule has 0 bridgehead atoms. The molecule has 2 nitrogen and oxygen atoms in total. The van der Waals surface area contributed by atoms with Crippen LogP contribution in [0.3, 0.4) is 0 Å². The van der Waals surface area contributed by atoms with Crippen LogP contribution in [0.25, 0.3) is 0 Å². The van der Waals surface area contributed by atoms with Crippen LogP contribution in [-0.4, -0.2) is 18.1 Å². The first-order valence-electron chi connectivity index (χ1n) is 7.53. The second-order valence-electron chi connectivity index (χ2n) is 5.40. The summed E-state index contributed by atoms with van der Waals surface area (Å²) in [4.78, 5) is 5.70. The van der Waals surface area contributed by atoms with Crippen molar-refractivity contribution in [2.75, 3.05) is 13.1 Å². The zero-order valence-electron chi connectivity index (χ0n) is 12.7. The van der Waals surface area contributed by atoms with E-state index in [4.69, 9.17) is 0 Å². The molecule has 21 heavy (non-hydrogen) atoms. The average molecular weight is 306 g/mol. The van der Waals surface area contributed by atoms with E-state index >= 15 is 0 Å². The van der Waals surface area contributed by atoms with Crippen molar-refractivity contribution in [1.29, 1.82) is 0 Å². The first kappa shape index (κ1) is 16.1. The van der Waals surface area contributed by atoms with E-state index in [1.807, 2.05) is 17.6 Å². The number of benzene rings is 1.